The molecule has 2 unspecified atom stereocenters. The van der Waals surface area contributed by atoms with Crippen LogP contribution in [0.15, 0.2) is 43.1 Å². The third-order valence-corrected chi connectivity index (χ3v) is 8.33. The average Bonchev–Trinajstić information content (AvgIpc) is 3.36. The molecule has 1 aromatic carbocycles. The van der Waals surface area contributed by atoms with Gasteiger partial charge < -0.3 is 21.1 Å². The lowest BCUT2D eigenvalue weighted by Crippen LogP contribution is -2.45. The second kappa shape index (κ2) is 8.71. The summed E-state index contributed by atoms with van der Waals surface area (Å²) in [4.78, 5) is 20.2. The van der Waals surface area contributed by atoms with Gasteiger partial charge in [-0.15, -0.1) is 0 Å². The minimum atomic E-state index is -0.581. The Morgan fingerprint density at radius 1 is 1.41 bits per heavy atom. The van der Waals surface area contributed by atoms with Crippen molar-refractivity contribution >= 4 is 35.1 Å². The minimum Gasteiger partial charge on any atom is -0.388 e. The zero-order valence-electron chi connectivity index (χ0n) is 17.5. The Morgan fingerprint density at radius 2 is 2.28 bits per heavy atom. The van der Waals surface area contributed by atoms with E-state index in [-0.39, 0.29) is 29.6 Å². The second-order valence-electron chi connectivity index (χ2n) is 8.71. The lowest BCUT2D eigenvalue weighted by atomic mass is 9.84. The van der Waals surface area contributed by atoms with Gasteiger partial charge in [-0.05, 0) is 54.4 Å². The third-order valence-electron chi connectivity index (χ3n) is 6.86. The van der Waals surface area contributed by atoms with E-state index in [1.165, 1.54) is 6.08 Å². The maximum absolute atomic E-state index is 14.7. The molecule has 0 saturated heterocycles. The minimum absolute atomic E-state index is 0.0356. The highest BCUT2D eigenvalue weighted by molar-refractivity contribution is 7.99. The van der Waals surface area contributed by atoms with Gasteiger partial charge in [0.05, 0.1) is 12.3 Å². The van der Waals surface area contributed by atoms with Crippen LogP contribution >= 0.6 is 11.8 Å². The van der Waals surface area contributed by atoms with Gasteiger partial charge in [-0.25, -0.2) is 9.37 Å². The topological polar surface area (TPSA) is 99.2 Å². The van der Waals surface area contributed by atoms with Crippen molar-refractivity contribution in [1.82, 2.24) is 15.3 Å². The lowest BCUT2D eigenvalue weighted by Gasteiger charge is -2.37. The Hall–Kier alpha value is -2.65. The van der Waals surface area contributed by atoms with Crippen LogP contribution < -0.4 is 16.0 Å². The quantitative estimate of drug-likeness (QED) is 0.528. The summed E-state index contributed by atoms with van der Waals surface area (Å²) in [5, 5.41) is 20.5. The molecule has 6 atom stereocenters. The summed E-state index contributed by atoms with van der Waals surface area (Å²) in [6.45, 7) is 4.03. The van der Waals surface area contributed by atoms with Crippen LogP contribution in [0.1, 0.15) is 24.5 Å². The van der Waals surface area contributed by atoms with Crippen molar-refractivity contribution in [2.24, 2.45) is 17.8 Å². The molecule has 1 amide bonds. The standard InChI is InChI=1S/C23H26FN5O2S/c1-2-20(31)25-9-16-13-7-15-19(8-13)32-11-18(30)12-4-3-5-14(6-12)27-23-26-10-17(24)22(29-23)28-21(15)16/h2-6,10,13,15-16,18-19,21,30H,1,7-9,11H2,(H,25,31)(H2,26,27,28,29)/t13-,15+,16-,18?,19+,21?/m0/s1. The van der Waals surface area contributed by atoms with Gasteiger partial charge >= 0.3 is 0 Å². The Labute approximate surface area is 190 Å². The fourth-order valence-electron chi connectivity index (χ4n) is 5.35. The second-order valence-corrected chi connectivity index (χ2v) is 9.98. The summed E-state index contributed by atoms with van der Waals surface area (Å²) in [7, 11) is 0. The monoisotopic (exact) mass is 455 g/mol. The number of rotatable bonds is 3. The normalized spacial score (nSPS) is 30.6. The van der Waals surface area contributed by atoms with Crippen LogP contribution in [0.5, 0.6) is 0 Å². The van der Waals surface area contributed by atoms with Crippen LogP contribution in [0.25, 0.3) is 0 Å². The molecule has 4 N–H and O–H groups in total. The van der Waals surface area contributed by atoms with E-state index >= 15 is 0 Å². The molecule has 7 nitrogen and oxygen atoms in total. The number of aliphatic hydroxyl groups is 1. The molecule has 0 spiro atoms. The summed E-state index contributed by atoms with van der Waals surface area (Å²) in [5.41, 5.74) is 1.55. The summed E-state index contributed by atoms with van der Waals surface area (Å²) in [5.74, 6) is 1.20. The number of carbonyl (C=O) groups excluding carboxylic acids is 1. The number of halogens is 1. The van der Waals surface area contributed by atoms with Crippen molar-refractivity contribution in [3.05, 3.63) is 54.5 Å². The largest absolute Gasteiger partial charge is 0.388 e. The third kappa shape index (κ3) is 4.06. The maximum atomic E-state index is 14.7. The first-order valence-corrected chi connectivity index (χ1v) is 11.9. The van der Waals surface area contributed by atoms with Crippen molar-refractivity contribution in [2.45, 2.75) is 30.2 Å². The number of hydrogen-bond donors (Lipinski definition) is 4. The Balaban J connectivity index is 1.48. The van der Waals surface area contributed by atoms with Crippen molar-refractivity contribution in [3.63, 3.8) is 0 Å². The zero-order valence-corrected chi connectivity index (χ0v) is 18.3. The molecule has 2 saturated carbocycles. The molecule has 6 bridgehead atoms. The number of benzene rings is 1. The SMILES string of the molecule is C=CC(=O)NC[C@@H]1C2Nc3nc(ncc3F)Nc3cccc(c3)C(O)CS[C@@H]3C[C@@H]1C[C@@H]23. The van der Waals surface area contributed by atoms with E-state index in [4.69, 9.17) is 0 Å². The van der Waals surface area contributed by atoms with Crippen molar-refractivity contribution in [2.75, 3.05) is 22.9 Å². The van der Waals surface area contributed by atoms with Crippen LogP contribution in [0.3, 0.4) is 0 Å². The number of aliphatic hydroxyl groups excluding tert-OH is 1. The molecule has 0 radical (unpaired) electrons. The van der Waals surface area contributed by atoms with E-state index in [2.05, 4.69) is 32.5 Å². The molecular formula is C23H26FN5O2S. The predicted molar refractivity (Wildman–Crippen MR) is 123 cm³/mol. The van der Waals surface area contributed by atoms with Gasteiger partial charge in [0.25, 0.3) is 0 Å². The molecular weight excluding hydrogens is 429 g/mol. The first kappa shape index (κ1) is 21.2. The number of nitrogens with zero attached hydrogens (tertiary/aromatic N) is 2. The zero-order chi connectivity index (χ0) is 22.2. The van der Waals surface area contributed by atoms with E-state index in [1.807, 2.05) is 24.3 Å². The summed E-state index contributed by atoms with van der Waals surface area (Å²) < 4.78 is 14.7. The highest BCUT2D eigenvalue weighted by Gasteiger charge is 2.53. The summed E-state index contributed by atoms with van der Waals surface area (Å²) in [6, 6.07) is 7.47. The van der Waals surface area contributed by atoms with Gasteiger partial charge in [0, 0.05) is 29.3 Å². The van der Waals surface area contributed by atoms with Gasteiger partial charge in [-0.3, -0.25) is 4.79 Å². The van der Waals surface area contributed by atoms with Gasteiger partial charge in [-0.1, -0.05) is 18.7 Å². The van der Waals surface area contributed by atoms with Crippen LogP contribution in [0.2, 0.25) is 0 Å². The van der Waals surface area contributed by atoms with E-state index in [0.717, 1.165) is 30.3 Å². The number of aromatic nitrogens is 2. The first-order valence-electron chi connectivity index (χ1n) is 10.9. The van der Waals surface area contributed by atoms with Crippen molar-refractivity contribution in [3.8, 4) is 0 Å². The van der Waals surface area contributed by atoms with E-state index in [0.29, 0.717) is 29.4 Å². The first-order chi connectivity index (χ1) is 15.5. The molecule has 1 aromatic heterocycles. The van der Waals surface area contributed by atoms with Gasteiger partial charge in [0.2, 0.25) is 11.9 Å². The average molecular weight is 456 g/mol. The number of fused-ring (bicyclic) bond motifs is 5. The Morgan fingerprint density at radius 3 is 3.12 bits per heavy atom. The molecule has 3 aliphatic rings. The molecule has 32 heavy (non-hydrogen) atoms. The number of amides is 1. The molecule has 2 aromatic rings. The Bertz CT molecular complexity index is 1040. The number of nitrogens with one attached hydrogen (secondary N) is 3. The van der Waals surface area contributed by atoms with Crippen molar-refractivity contribution in [1.29, 1.82) is 0 Å². The molecule has 9 heteroatoms. The summed E-state index contributed by atoms with van der Waals surface area (Å²) >= 11 is 1.78. The maximum Gasteiger partial charge on any atom is 0.243 e. The van der Waals surface area contributed by atoms with Gasteiger partial charge in [0.1, 0.15) is 0 Å². The number of anilines is 3. The highest BCUT2D eigenvalue weighted by atomic mass is 32.2. The molecule has 2 aliphatic carbocycles. The number of thioether (sulfide) groups is 1. The van der Waals surface area contributed by atoms with E-state index in [1.54, 1.807) is 11.8 Å². The molecule has 5 rings (SSSR count). The molecule has 2 fully saturated rings. The molecule has 2 heterocycles. The highest BCUT2D eigenvalue weighted by Crippen LogP contribution is 2.53. The van der Waals surface area contributed by atoms with E-state index in [9.17, 15) is 14.3 Å². The van der Waals surface area contributed by atoms with Gasteiger partial charge in [-0.2, -0.15) is 16.7 Å². The predicted octanol–water partition coefficient (Wildman–Crippen LogP) is 3.25. The summed E-state index contributed by atoms with van der Waals surface area (Å²) in [6.07, 6.45) is 3.88. The molecule has 168 valence electrons. The lowest BCUT2D eigenvalue weighted by molar-refractivity contribution is -0.116. The number of carbonyl (C=O) groups is 1. The van der Waals surface area contributed by atoms with Crippen LogP contribution in [0, 0.1) is 23.6 Å². The van der Waals surface area contributed by atoms with Crippen LogP contribution in [0.4, 0.5) is 21.8 Å². The van der Waals surface area contributed by atoms with Crippen molar-refractivity contribution < 1.29 is 14.3 Å². The van der Waals surface area contributed by atoms with E-state index < -0.39 is 11.9 Å². The van der Waals surface area contributed by atoms with Gasteiger partial charge in [0.15, 0.2) is 11.6 Å². The Kier molecular flexibility index (Phi) is 5.77. The fourth-order valence-corrected chi connectivity index (χ4v) is 6.88. The van der Waals surface area contributed by atoms with Crippen LogP contribution in [-0.4, -0.2) is 44.6 Å². The fraction of sp³-hybridized carbons (Fsp3) is 0.435. The smallest absolute Gasteiger partial charge is 0.243 e. The number of hydrogen-bond acceptors (Lipinski definition) is 7. The molecule has 1 aliphatic heterocycles. The van der Waals surface area contributed by atoms with Crippen LogP contribution in [-0.2, 0) is 4.79 Å².